The van der Waals surface area contributed by atoms with Crippen LogP contribution in [0.1, 0.15) is 31.9 Å². The van der Waals surface area contributed by atoms with Crippen LogP contribution in [-0.2, 0) is 32.6 Å². The Morgan fingerprint density at radius 2 is 1.60 bits per heavy atom. The Morgan fingerprint density at radius 1 is 0.950 bits per heavy atom. The maximum Gasteiger partial charge on any atom is 0.244 e. The summed E-state index contributed by atoms with van der Waals surface area (Å²) in [5, 5.41) is 2.97. The molecule has 2 amide bonds. The highest BCUT2D eigenvalue weighted by Gasteiger charge is 2.34. The van der Waals surface area contributed by atoms with Crippen LogP contribution in [0.15, 0.2) is 78.9 Å². The standard InChI is InChI=1S/C30H36FN3O5S/c1-30(2,3)32-29(36)27(18-22-11-7-6-8-12-22)33(20-23-13-9-16-26(17-23)39-4)28(35)21-34(40(5,37)38)25-15-10-14-24(31)19-25/h6-17,19,27H,18,20-21H2,1-5H3,(H,32,36)/t27-/m0/s1. The van der Waals surface area contributed by atoms with Crippen LogP contribution < -0.4 is 14.4 Å². The second kappa shape index (κ2) is 13.0. The van der Waals surface area contributed by atoms with Crippen LogP contribution >= 0.6 is 0 Å². The van der Waals surface area contributed by atoms with Gasteiger partial charge in [-0.3, -0.25) is 13.9 Å². The number of amides is 2. The van der Waals surface area contributed by atoms with Gasteiger partial charge in [-0.05, 0) is 62.2 Å². The smallest absolute Gasteiger partial charge is 0.244 e. The number of carbonyl (C=O) groups excluding carboxylic acids is 2. The van der Waals surface area contributed by atoms with Crippen molar-refractivity contribution in [1.82, 2.24) is 10.2 Å². The van der Waals surface area contributed by atoms with Gasteiger partial charge in [0.15, 0.2) is 0 Å². The van der Waals surface area contributed by atoms with E-state index in [1.54, 1.807) is 24.3 Å². The minimum absolute atomic E-state index is 0.00580. The SMILES string of the molecule is COc1cccc(CN(C(=O)CN(c2cccc(F)c2)S(C)(=O)=O)[C@@H](Cc2ccccc2)C(=O)NC(C)(C)C)c1. The number of sulfonamides is 1. The van der Waals surface area contributed by atoms with E-state index >= 15 is 0 Å². The van der Waals surface area contributed by atoms with E-state index in [0.29, 0.717) is 11.3 Å². The third-order valence-corrected chi connectivity index (χ3v) is 7.17. The van der Waals surface area contributed by atoms with Gasteiger partial charge in [0.2, 0.25) is 21.8 Å². The molecule has 0 aromatic heterocycles. The molecule has 8 nitrogen and oxygen atoms in total. The fourth-order valence-corrected chi connectivity index (χ4v) is 5.06. The van der Waals surface area contributed by atoms with Crippen molar-refractivity contribution in [1.29, 1.82) is 0 Å². The van der Waals surface area contributed by atoms with Crippen molar-refractivity contribution >= 4 is 27.5 Å². The van der Waals surface area contributed by atoms with E-state index in [-0.39, 0.29) is 24.6 Å². The van der Waals surface area contributed by atoms with Gasteiger partial charge in [0, 0.05) is 18.5 Å². The lowest BCUT2D eigenvalue weighted by Gasteiger charge is -2.35. The molecule has 0 aliphatic rings. The Labute approximate surface area is 235 Å². The summed E-state index contributed by atoms with van der Waals surface area (Å²) in [6, 6.07) is 20.4. The Bertz CT molecular complexity index is 1420. The number of methoxy groups -OCH3 is 1. The highest BCUT2D eigenvalue weighted by Crippen LogP contribution is 2.22. The topological polar surface area (TPSA) is 96.0 Å². The third-order valence-electron chi connectivity index (χ3n) is 6.03. The molecule has 0 heterocycles. The molecule has 1 N–H and O–H groups in total. The number of hydrogen-bond donors (Lipinski definition) is 1. The number of anilines is 1. The number of hydrogen-bond acceptors (Lipinski definition) is 5. The number of rotatable bonds is 11. The van der Waals surface area contributed by atoms with Crippen LogP contribution in [0.25, 0.3) is 0 Å². The normalized spacial score (nSPS) is 12.3. The maximum absolute atomic E-state index is 14.0. The van der Waals surface area contributed by atoms with Crippen LogP contribution in [0.5, 0.6) is 5.75 Å². The number of nitrogens with one attached hydrogen (secondary N) is 1. The predicted molar refractivity (Wildman–Crippen MR) is 154 cm³/mol. The van der Waals surface area contributed by atoms with Crippen LogP contribution in [0, 0.1) is 5.82 Å². The number of halogens is 1. The van der Waals surface area contributed by atoms with Crippen LogP contribution in [-0.4, -0.2) is 56.6 Å². The lowest BCUT2D eigenvalue weighted by molar-refractivity contribution is -0.140. The molecule has 0 unspecified atom stereocenters. The van der Waals surface area contributed by atoms with Crippen molar-refractivity contribution in [2.45, 2.75) is 45.3 Å². The average Bonchev–Trinajstić information content (AvgIpc) is 2.88. The summed E-state index contributed by atoms with van der Waals surface area (Å²) in [5.74, 6) is -1.08. The van der Waals surface area contributed by atoms with E-state index in [1.807, 2.05) is 51.1 Å². The summed E-state index contributed by atoms with van der Waals surface area (Å²) >= 11 is 0. The Kier molecular flexibility index (Phi) is 9.92. The molecule has 3 aromatic carbocycles. The summed E-state index contributed by atoms with van der Waals surface area (Å²) in [7, 11) is -2.45. The van der Waals surface area contributed by atoms with Gasteiger partial charge < -0.3 is 15.0 Å². The molecule has 1 atom stereocenters. The Balaban J connectivity index is 2.09. The second-order valence-electron chi connectivity index (χ2n) is 10.6. The van der Waals surface area contributed by atoms with Crippen molar-refractivity contribution in [2.75, 3.05) is 24.2 Å². The van der Waals surface area contributed by atoms with E-state index in [1.165, 1.54) is 30.2 Å². The van der Waals surface area contributed by atoms with Crippen molar-refractivity contribution in [2.24, 2.45) is 0 Å². The molecule has 0 fully saturated rings. The molecule has 0 aliphatic heterocycles. The number of ether oxygens (including phenoxy) is 1. The maximum atomic E-state index is 14.0. The molecule has 3 aromatic rings. The highest BCUT2D eigenvalue weighted by atomic mass is 32.2. The minimum atomic E-state index is -3.98. The zero-order valence-corrected chi connectivity index (χ0v) is 24.2. The third kappa shape index (κ3) is 8.81. The first-order chi connectivity index (χ1) is 18.8. The van der Waals surface area contributed by atoms with Gasteiger partial charge >= 0.3 is 0 Å². The molecule has 0 aliphatic carbocycles. The molecule has 10 heteroatoms. The van der Waals surface area contributed by atoms with Crippen molar-refractivity contribution in [3.63, 3.8) is 0 Å². The quantitative estimate of drug-likeness (QED) is 0.374. The monoisotopic (exact) mass is 569 g/mol. The number of benzene rings is 3. The Morgan fingerprint density at radius 3 is 2.20 bits per heavy atom. The van der Waals surface area contributed by atoms with E-state index in [9.17, 15) is 22.4 Å². The van der Waals surface area contributed by atoms with Gasteiger partial charge in [-0.25, -0.2) is 12.8 Å². The molecular formula is C30H36FN3O5S. The van der Waals surface area contributed by atoms with Crippen LogP contribution in [0.2, 0.25) is 0 Å². The summed E-state index contributed by atoms with van der Waals surface area (Å²) in [4.78, 5) is 29.1. The van der Waals surface area contributed by atoms with E-state index in [2.05, 4.69) is 5.32 Å². The fourth-order valence-electron chi connectivity index (χ4n) is 4.22. The molecular weight excluding hydrogens is 533 g/mol. The molecule has 214 valence electrons. The van der Waals surface area contributed by atoms with E-state index in [0.717, 1.165) is 22.2 Å². The van der Waals surface area contributed by atoms with Crippen molar-refractivity contribution in [3.05, 3.63) is 95.8 Å². The minimum Gasteiger partial charge on any atom is -0.497 e. The van der Waals surface area contributed by atoms with Gasteiger partial charge in [-0.1, -0.05) is 48.5 Å². The molecule has 0 spiro atoms. The zero-order valence-electron chi connectivity index (χ0n) is 23.4. The number of carbonyl (C=O) groups is 2. The molecule has 0 saturated carbocycles. The molecule has 0 radical (unpaired) electrons. The van der Waals surface area contributed by atoms with Gasteiger partial charge in [0.05, 0.1) is 19.1 Å². The molecule has 0 bridgehead atoms. The van der Waals surface area contributed by atoms with Crippen molar-refractivity contribution < 1.29 is 27.1 Å². The largest absolute Gasteiger partial charge is 0.497 e. The second-order valence-corrected chi connectivity index (χ2v) is 12.5. The van der Waals surface area contributed by atoms with Gasteiger partial charge in [-0.15, -0.1) is 0 Å². The first kappa shape index (κ1) is 30.6. The fraction of sp³-hybridized carbons (Fsp3) is 0.333. The molecule has 0 saturated heterocycles. The molecule has 3 rings (SSSR count). The first-order valence-corrected chi connectivity index (χ1v) is 14.6. The molecule has 40 heavy (non-hydrogen) atoms. The van der Waals surface area contributed by atoms with Gasteiger partial charge in [0.1, 0.15) is 24.2 Å². The average molecular weight is 570 g/mol. The van der Waals surface area contributed by atoms with Crippen LogP contribution in [0.4, 0.5) is 10.1 Å². The zero-order chi connectivity index (χ0) is 29.5. The lowest BCUT2D eigenvalue weighted by Crippen LogP contribution is -2.56. The summed E-state index contributed by atoms with van der Waals surface area (Å²) in [6.07, 6.45) is 1.14. The number of nitrogens with zero attached hydrogens (tertiary/aromatic N) is 2. The highest BCUT2D eigenvalue weighted by molar-refractivity contribution is 7.92. The van der Waals surface area contributed by atoms with Crippen LogP contribution in [0.3, 0.4) is 0 Å². The summed E-state index contributed by atoms with van der Waals surface area (Å²) < 4.78 is 45.7. The van der Waals surface area contributed by atoms with Crippen molar-refractivity contribution in [3.8, 4) is 5.75 Å². The summed E-state index contributed by atoms with van der Waals surface area (Å²) in [5.41, 5.74) is 0.934. The first-order valence-electron chi connectivity index (χ1n) is 12.8. The van der Waals surface area contributed by atoms with Gasteiger partial charge in [-0.2, -0.15) is 0 Å². The van der Waals surface area contributed by atoms with Gasteiger partial charge in [0.25, 0.3) is 0 Å². The van der Waals surface area contributed by atoms with E-state index in [4.69, 9.17) is 4.74 Å². The van der Waals surface area contributed by atoms with E-state index < -0.39 is 39.9 Å². The lowest BCUT2D eigenvalue weighted by atomic mass is 10.0. The Hall–Kier alpha value is -3.92. The summed E-state index contributed by atoms with van der Waals surface area (Å²) in [6.45, 7) is 4.91. The predicted octanol–water partition coefficient (Wildman–Crippen LogP) is 4.16.